The van der Waals surface area contributed by atoms with Gasteiger partial charge in [-0.1, -0.05) is 78.4 Å². The average Bonchev–Trinajstić information content (AvgIpc) is 3.35. The van der Waals surface area contributed by atoms with E-state index in [-0.39, 0.29) is 0 Å². The Hall–Kier alpha value is -3.49. The zero-order valence-corrected chi connectivity index (χ0v) is 17.6. The minimum atomic E-state index is 0.778. The van der Waals surface area contributed by atoms with Gasteiger partial charge in [0.05, 0.1) is 21.7 Å². The molecular formula is C28H19ClN2. The van der Waals surface area contributed by atoms with Gasteiger partial charge < -0.3 is 9.55 Å². The summed E-state index contributed by atoms with van der Waals surface area (Å²) in [4.78, 5) is 3.67. The first-order chi connectivity index (χ1) is 15.3. The lowest BCUT2D eigenvalue weighted by atomic mass is 9.99. The molecule has 4 aromatic carbocycles. The number of fused-ring (bicyclic) bond motifs is 9. The molecule has 2 aromatic heterocycles. The largest absolute Gasteiger partial charge is 0.354 e. The summed E-state index contributed by atoms with van der Waals surface area (Å²) in [6, 6.07) is 25.8. The van der Waals surface area contributed by atoms with Crippen molar-refractivity contribution in [1.29, 1.82) is 0 Å². The number of para-hydroxylation sites is 2. The maximum Gasteiger partial charge on any atom is 0.0646 e. The predicted octanol–water partition coefficient (Wildman–Crippen LogP) is 8.03. The van der Waals surface area contributed by atoms with Crippen molar-refractivity contribution in [3.8, 4) is 5.69 Å². The van der Waals surface area contributed by atoms with Crippen LogP contribution >= 0.6 is 11.6 Å². The fourth-order valence-corrected chi connectivity index (χ4v) is 5.55. The van der Waals surface area contributed by atoms with Gasteiger partial charge in [0.15, 0.2) is 0 Å². The van der Waals surface area contributed by atoms with Crippen molar-refractivity contribution in [2.24, 2.45) is 0 Å². The zero-order chi connectivity index (χ0) is 20.5. The van der Waals surface area contributed by atoms with Gasteiger partial charge in [0.1, 0.15) is 0 Å². The third kappa shape index (κ3) is 2.28. The van der Waals surface area contributed by atoms with Crippen LogP contribution in [0.3, 0.4) is 0 Å². The highest BCUT2D eigenvalue weighted by Crippen LogP contribution is 2.41. The molecule has 0 atom stereocenters. The van der Waals surface area contributed by atoms with Crippen LogP contribution in [-0.4, -0.2) is 9.55 Å². The summed E-state index contributed by atoms with van der Waals surface area (Å²) in [6.45, 7) is 0. The summed E-state index contributed by atoms with van der Waals surface area (Å²) in [5.41, 5.74) is 7.32. The summed E-state index contributed by atoms with van der Waals surface area (Å²) in [7, 11) is 0. The number of aromatic nitrogens is 2. The highest BCUT2D eigenvalue weighted by atomic mass is 35.5. The van der Waals surface area contributed by atoms with E-state index in [9.17, 15) is 0 Å². The lowest BCUT2D eigenvalue weighted by Gasteiger charge is -2.15. The Morgan fingerprint density at radius 3 is 2.39 bits per heavy atom. The van der Waals surface area contributed by atoms with Crippen molar-refractivity contribution in [3.05, 3.63) is 95.2 Å². The van der Waals surface area contributed by atoms with Crippen LogP contribution in [0.15, 0.2) is 78.9 Å². The van der Waals surface area contributed by atoms with Gasteiger partial charge in [0.25, 0.3) is 0 Å². The van der Waals surface area contributed by atoms with Gasteiger partial charge in [-0.05, 0) is 31.0 Å². The number of allylic oxidation sites excluding steroid dienone is 1. The van der Waals surface area contributed by atoms with E-state index in [1.54, 1.807) is 0 Å². The molecule has 0 amide bonds. The van der Waals surface area contributed by atoms with Crippen LogP contribution in [0.4, 0.5) is 0 Å². The number of aromatic amines is 1. The minimum absolute atomic E-state index is 0.778. The highest BCUT2D eigenvalue weighted by molar-refractivity contribution is 6.32. The molecule has 0 saturated carbocycles. The Balaban J connectivity index is 1.70. The fourth-order valence-electron chi connectivity index (χ4n) is 5.33. The van der Waals surface area contributed by atoms with Crippen molar-refractivity contribution in [3.63, 3.8) is 0 Å². The van der Waals surface area contributed by atoms with Crippen LogP contribution in [0.2, 0.25) is 5.02 Å². The van der Waals surface area contributed by atoms with Gasteiger partial charge in [-0.15, -0.1) is 0 Å². The Morgan fingerprint density at radius 2 is 1.48 bits per heavy atom. The average molecular weight is 419 g/mol. The van der Waals surface area contributed by atoms with E-state index in [0.717, 1.165) is 23.6 Å². The third-order valence-corrected chi connectivity index (χ3v) is 6.99. The van der Waals surface area contributed by atoms with Crippen molar-refractivity contribution in [2.75, 3.05) is 0 Å². The molecule has 0 aliphatic heterocycles. The predicted molar refractivity (Wildman–Crippen MR) is 133 cm³/mol. The van der Waals surface area contributed by atoms with Crippen molar-refractivity contribution in [2.45, 2.75) is 12.8 Å². The smallest absolute Gasteiger partial charge is 0.0646 e. The molecule has 3 heteroatoms. The van der Waals surface area contributed by atoms with Crippen LogP contribution in [-0.2, 0) is 6.42 Å². The number of hydrogen-bond acceptors (Lipinski definition) is 0. The molecule has 148 valence electrons. The molecule has 0 spiro atoms. The molecule has 2 nitrogen and oxygen atoms in total. The second kappa shape index (κ2) is 6.26. The third-order valence-electron chi connectivity index (χ3n) is 6.67. The normalized spacial score (nSPS) is 13.6. The first-order valence-electron chi connectivity index (χ1n) is 10.7. The number of halogens is 1. The fraction of sp³-hybridized carbons (Fsp3) is 0.0714. The molecule has 0 saturated heterocycles. The van der Waals surface area contributed by atoms with Gasteiger partial charge in [-0.2, -0.15) is 0 Å². The SMILES string of the molecule is Clc1ccccc1-n1c2c(c3ccc4c(ccc5c6ccccc6[nH]c54)c31)C=CCC2. The number of nitrogens with one attached hydrogen (secondary N) is 1. The molecule has 1 aliphatic rings. The van der Waals surface area contributed by atoms with Crippen LogP contribution in [0.5, 0.6) is 0 Å². The first kappa shape index (κ1) is 17.2. The molecule has 31 heavy (non-hydrogen) atoms. The maximum atomic E-state index is 6.71. The van der Waals surface area contributed by atoms with E-state index >= 15 is 0 Å². The molecule has 0 radical (unpaired) electrons. The molecule has 2 heterocycles. The van der Waals surface area contributed by atoms with Crippen molar-refractivity contribution in [1.82, 2.24) is 9.55 Å². The van der Waals surface area contributed by atoms with Crippen LogP contribution in [0, 0.1) is 0 Å². The molecule has 6 aromatic rings. The van der Waals surface area contributed by atoms with Gasteiger partial charge in [0, 0.05) is 43.7 Å². The topological polar surface area (TPSA) is 20.7 Å². The van der Waals surface area contributed by atoms with Crippen LogP contribution < -0.4 is 0 Å². The molecule has 1 N–H and O–H groups in total. The first-order valence-corrected chi connectivity index (χ1v) is 11.1. The Morgan fingerprint density at radius 1 is 0.742 bits per heavy atom. The lowest BCUT2D eigenvalue weighted by molar-refractivity contribution is 0.890. The number of benzene rings is 4. The number of rotatable bonds is 1. The zero-order valence-electron chi connectivity index (χ0n) is 16.8. The highest BCUT2D eigenvalue weighted by Gasteiger charge is 2.22. The Bertz CT molecular complexity index is 1700. The second-order valence-electron chi connectivity index (χ2n) is 8.30. The second-order valence-corrected chi connectivity index (χ2v) is 8.71. The molecule has 0 unspecified atom stereocenters. The van der Waals surface area contributed by atoms with E-state index in [0.29, 0.717) is 0 Å². The summed E-state index contributed by atoms with van der Waals surface area (Å²) in [5, 5.41) is 7.09. The summed E-state index contributed by atoms with van der Waals surface area (Å²) in [5.74, 6) is 0. The van der Waals surface area contributed by atoms with Crippen LogP contribution in [0.1, 0.15) is 17.7 Å². The van der Waals surface area contributed by atoms with Gasteiger partial charge in [-0.3, -0.25) is 0 Å². The van der Waals surface area contributed by atoms with Gasteiger partial charge in [-0.25, -0.2) is 0 Å². The maximum absolute atomic E-state index is 6.71. The van der Waals surface area contributed by atoms with E-state index < -0.39 is 0 Å². The molecule has 1 aliphatic carbocycles. The molecule has 0 bridgehead atoms. The van der Waals surface area contributed by atoms with Crippen molar-refractivity contribution < 1.29 is 0 Å². The molecular weight excluding hydrogens is 400 g/mol. The van der Waals surface area contributed by atoms with E-state index in [4.69, 9.17) is 11.6 Å². The van der Waals surface area contributed by atoms with E-state index in [1.165, 1.54) is 54.7 Å². The Labute approximate surface area is 184 Å². The molecule has 0 fully saturated rings. The number of H-pyrrole nitrogens is 1. The number of hydrogen-bond donors (Lipinski definition) is 1. The summed E-state index contributed by atoms with van der Waals surface area (Å²) < 4.78 is 2.40. The Kier molecular flexibility index (Phi) is 3.47. The standard InChI is InChI=1S/C28H19ClN2/c29-23-9-3-6-12-26(23)31-25-11-5-2-8-18(25)21-15-14-20-22(28(21)31)16-13-19-17-7-1-4-10-24(17)30-27(19)20/h1-4,6-10,12-16,30H,5,11H2. The van der Waals surface area contributed by atoms with Gasteiger partial charge in [0.2, 0.25) is 0 Å². The summed E-state index contributed by atoms with van der Waals surface area (Å²) in [6.07, 6.45) is 6.63. The van der Waals surface area contributed by atoms with E-state index in [1.807, 2.05) is 12.1 Å². The lowest BCUT2D eigenvalue weighted by Crippen LogP contribution is -2.03. The monoisotopic (exact) mass is 418 g/mol. The quantitative estimate of drug-likeness (QED) is 0.279. The van der Waals surface area contributed by atoms with Crippen molar-refractivity contribution >= 4 is 61.2 Å². The summed E-state index contributed by atoms with van der Waals surface area (Å²) >= 11 is 6.71. The van der Waals surface area contributed by atoms with Gasteiger partial charge >= 0.3 is 0 Å². The molecule has 7 rings (SSSR count). The number of nitrogens with zero attached hydrogens (tertiary/aromatic N) is 1. The van der Waals surface area contributed by atoms with E-state index in [2.05, 4.69) is 82.4 Å². The minimum Gasteiger partial charge on any atom is -0.354 e. The van der Waals surface area contributed by atoms with Crippen LogP contribution in [0.25, 0.3) is 55.2 Å².